The normalized spacial score (nSPS) is 17.5. The predicted molar refractivity (Wildman–Crippen MR) is 119 cm³/mol. The van der Waals surface area contributed by atoms with Gasteiger partial charge in [0.25, 0.3) is 5.91 Å². The Kier molecular flexibility index (Phi) is 7.05. The second-order valence-corrected chi connectivity index (χ2v) is 7.91. The molecule has 33 heavy (non-hydrogen) atoms. The number of hydrogen-bond donors (Lipinski definition) is 1. The van der Waals surface area contributed by atoms with E-state index < -0.39 is 0 Å². The molecule has 1 aliphatic heterocycles. The number of carbonyl (C=O) groups is 2. The van der Waals surface area contributed by atoms with Crippen LogP contribution in [0, 0.1) is 11.3 Å². The summed E-state index contributed by atoms with van der Waals surface area (Å²) in [6.07, 6.45) is 5.73. The van der Waals surface area contributed by atoms with Crippen LogP contribution in [0.3, 0.4) is 0 Å². The maximum atomic E-state index is 13.0. The molecule has 0 bridgehead atoms. The maximum absolute atomic E-state index is 13.0. The fraction of sp³-hybridized carbons (Fsp3) is 0.333. The summed E-state index contributed by atoms with van der Waals surface area (Å²) < 4.78 is 5.54. The Morgan fingerprint density at radius 1 is 1.18 bits per heavy atom. The summed E-state index contributed by atoms with van der Waals surface area (Å²) in [5, 5.41) is 16.0. The van der Waals surface area contributed by atoms with E-state index in [1.54, 1.807) is 41.6 Å². The van der Waals surface area contributed by atoms with Gasteiger partial charge in [0.15, 0.2) is 0 Å². The Morgan fingerprint density at radius 2 is 2.03 bits per heavy atom. The lowest BCUT2D eigenvalue weighted by Crippen LogP contribution is -2.35. The summed E-state index contributed by atoms with van der Waals surface area (Å²) in [6, 6.07) is 12.3. The van der Waals surface area contributed by atoms with Gasteiger partial charge in [0.1, 0.15) is 0 Å². The molecule has 3 heterocycles. The van der Waals surface area contributed by atoms with Gasteiger partial charge in [-0.25, -0.2) is 0 Å². The minimum atomic E-state index is -0.153. The molecule has 1 aromatic carbocycles. The Hall–Kier alpha value is -4.06. The largest absolute Gasteiger partial charge is 0.356 e. The molecular formula is C24H24N6O3. The standard InChI is InChI=1S/C24H24N6O3/c25-15-17-5-7-19(8-6-17)24(32)30-13-2-4-18(9-12-27-21(31)10-14-30)23-28-22(29-33-23)20-3-1-11-26-16-20/h1,3,5-8,11,16,18H,2,4,9-10,12-14H2,(H,27,31). The highest BCUT2D eigenvalue weighted by molar-refractivity contribution is 5.94. The molecule has 4 rings (SSSR count). The average molecular weight is 444 g/mol. The van der Waals surface area contributed by atoms with Gasteiger partial charge in [0.2, 0.25) is 17.6 Å². The van der Waals surface area contributed by atoms with E-state index in [0.29, 0.717) is 48.9 Å². The minimum Gasteiger partial charge on any atom is -0.356 e. The van der Waals surface area contributed by atoms with Gasteiger partial charge in [0, 0.05) is 55.5 Å². The average Bonchev–Trinajstić information content (AvgIpc) is 3.34. The van der Waals surface area contributed by atoms with E-state index in [-0.39, 0.29) is 24.2 Å². The van der Waals surface area contributed by atoms with E-state index in [4.69, 9.17) is 9.78 Å². The molecule has 1 atom stereocenters. The van der Waals surface area contributed by atoms with Crippen LogP contribution in [0.2, 0.25) is 0 Å². The van der Waals surface area contributed by atoms with Crippen molar-refractivity contribution in [1.82, 2.24) is 25.3 Å². The fourth-order valence-corrected chi connectivity index (χ4v) is 3.83. The van der Waals surface area contributed by atoms with Crippen LogP contribution in [0.5, 0.6) is 0 Å². The topological polar surface area (TPSA) is 125 Å². The first-order chi connectivity index (χ1) is 16.1. The molecule has 168 valence electrons. The third-order valence-electron chi connectivity index (χ3n) is 5.66. The van der Waals surface area contributed by atoms with Crippen LogP contribution >= 0.6 is 0 Å². The molecule has 2 aromatic heterocycles. The number of benzene rings is 1. The number of nitriles is 1. The van der Waals surface area contributed by atoms with E-state index in [1.807, 2.05) is 12.1 Å². The number of carbonyl (C=O) groups excluding carboxylic acids is 2. The molecule has 0 saturated carbocycles. The van der Waals surface area contributed by atoms with E-state index >= 15 is 0 Å². The monoisotopic (exact) mass is 444 g/mol. The maximum Gasteiger partial charge on any atom is 0.253 e. The highest BCUT2D eigenvalue weighted by Crippen LogP contribution is 2.26. The van der Waals surface area contributed by atoms with E-state index in [1.165, 1.54) is 0 Å². The summed E-state index contributed by atoms with van der Waals surface area (Å²) in [7, 11) is 0. The summed E-state index contributed by atoms with van der Waals surface area (Å²) in [4.78, 5) is 35.7. The van der Waals surface area contributed by atoms with Crippen LogP contribution in [0.4, 0.5) is 0 Å². The zero-order chi connectivity index (χ0) is 23.0. The fourth-order valence-electron chi connectivity index (χ4n) is 3.83. The van der Waals surface area contributed by atoms with Gasteiger partial charge in [-0.3, -0.25) is 14.6 Å². The van der Waals surface area contributed by atoms with Gasteiger partial charge in [-0.1, -0.05) is 5.16 Å². The molecule has 2 amide bonds. The molecule has 9 heteroatoms. The summed E-state index contributed by atoms with van der Waals surface area (Å²) in [6.45, 7) is 1.34. The van der Waals surface area contributed by atoms with E-state index in [9.17, 15) is 9.59 Å². The van der Waals surface area contributed by atoms with Gasteiger partial charge in [-0.2, -0.15) is 10.2 Å². The van der Waals surface area contributed by atoms with Gasteiger partial charge in [-0.05, 0) is 55.7 Å². The predicted octanol–water partition coefficient (Wildman–Crippen LogP) is 2.92. The molecule has 1 unspecified atom stereocenters. The molecule has 9 nitrogen and oxygen atoms in total. The van der Waals surface area contributed by atoms with E-state index in [0.717, 1.165) is 18.4 Å². The lowest BCUT2D eigenvalue weighted by molar-refractivity contribution is -0.121. The summed E-state index contributed by atoms with van der Waals surface area (Å²) in [5.41, 5.74) is 1.77. The Bertz CT molecular complexity index is 1140. The lowest BCUT2D eigenvalue weighted by Gasteiger charge is -2.23. The van der Waals surface area contributed by atoms with Crippen LogP contribution in [-0.4, -0.2) is 51.5 Å². The minimum absolute atomic E-state index is 0.0341. The van der Waals surface area contributed by atoms with Crippen LogP contribution < -0.4 is 5.32 Å². The quantitative estimate of drug-likeness (QED) is 0.658. The third kappa shape index (κ3) is 5.60. The SMILES string of the molecule is N#Cc1ccc(C(=O)N2CCCC(c3nc(-c4cccnc4)no3)CCNC(=O)CC2)cc1. The molecule has 1 aliphatic rings. The van der Waals surface area contributed by atoms with Crippen LogP contribution in [0.25, 0.3) is 11.4 Å². The molecule has 0 spiro atoms. The van der Waals surface area contributed by atoms with Crippen molar-refractivity contribution >= 4 is 11.8 Å². The smallest absolute Gasteiger partial charge is 0.253 e. The van der Waals surface area contributed by atoms with Crippen molar-refractivity contribution in [1.29, 1.82) is 5.26 Å². The number of aromatic nitrogens is 3. The number of hydrogen-bond acceptors (Lipinski definition) is 7. The first-order valence-electron chi connectivity index (χ1n) is 10.9. The zero-order valence-corrected chi connectivity index (χ0v) is 18.1. The number of rotatable bonds is 3. The van der Waals surface area contributed by atoms with Crippen LogP contribution in [0.15, 0.2) is 53.3 Å². The van der Waals surface area contributed by atoms with Gasteiger partial charge >= 0.3 is 0 Å². The lowest BCUT2D eigenvalue weighted by atomic mass is 9.99. The Morgan fingerprint density at radius 3 is 2.79 bits per heavy atom. The zero-order valence-electron chi connectivity index (χ0n) is 18.1. The molecule has 0 aliphatic carbocycles. The second kappa shape index (κ2) is 10.5. The Balaban J connectivity index is 1.47. The number of nitrogens with one attached hydrogen (secondary N) is 1. The van der Waals surface area contributed by atoms with Crippen molar-refractivity contribution in [3.8, 4) is 17.5 Å². The molecule has 1 saturated heterocycles. The van der Waals surface area contributed by atoms with Gasteiger partial charge in [0.05, 0.1) is 11.6 Å². The van der Waals surface area contributed by atoms with Crippen LogP contribution in [-0.2, 0) is 4.79 Å². The molecule has 0 radical (unpaired) electrons. The molecule has 1 fully saturated rings. The van der Waals surface area contributed by atoms with Crippen molar-refractivity contribution in [2.75, 3.05) is 19.6 Å². The van der Waals surface area contributed by atoms with Crippen molar-refractivity contribution in [3.05, 3.63) is 65.8 Å². The number of amides is 2. The molecular weight excluding hydrogens is 420 g/mol. The first-order valence-corrected chi connectivity index (χ1v) is 10.9. The van der Waals surface area contributed by atoms with Crippen molar-refractivity contribution in [2.24, 2.45) is 0 Å². The van der Waals surface area contributed by atoms with Crippen LogP contribution in [0.1, 0.15) is 53.4 Å². The number of nitrogens with zero attached hydrogens (tertiary/aromatic N) is 5. The highest BCUT2D eigenvalue weighted by atomic mass is 16.5. The highest BCUT2D eigenvalue weighted by Gasteiger charge is 2.23. The molecule has 1 N–H and O–H groups in total. The van der Waals surface area contributed by atoms with Crippen molar-refractivity contribution in [3.63, 3.8) is 0 Å². The Labute approximate surface area is 191 Å². The number of pyridine rings is 1. The van der Waals surface area contributed by atoms with Gasteiger partial charge < -0.3 is 14.7 Å². The second-order valence-electron chi connectivity index (χ2n) is 7.91. The molecule has 3 aromatic rings. The van der Waals surface area contributed by atoms with Crippen molar-refractivity contribution in [2.45, 2.75) is 31.6 Å². The summed E-state index contributed by atoms with van der Waals surface area (Å²) >= 11 is 0. The summed E-state index contributed by atoms with van der Waals surface area (Å²) in [5.74, 6) is 0.712. The van der Waals surface area contributed by atoms with E-state index in [2.05, 4.69) is 26.5 Å². The van der Waals surface area contributed by atoms with Gasteiger partial charge in [-0.15, -0.1) is 0 Å². The van der Waals surface area contributed by atoms with Crippen molar-refractivity contribution < 1.29 is 14.1 Å². The first kappa shape index (κ1) is 22.1. The third-order valence-corrected chi connectivity index (χ3v) is 5.66.